The molecule has 0 aliphatic heterocycles. The van der Waals surface area contributed by atoms with Crippen LogP contribution in [0.2, 0.25) is 0 Å². The molecule has 0 saturated heterocycles. The van der Waals surface area contributed by atoms with Crippen molar-refractivity contribution in [3.05, 3.63) is 58.1 Å². The quantitative estimate of drug-likeness (QED) is 0.477. The average Bonchev–Trinajstić information content (AvgIpc) is 3.22. The van der Waals surface area contributed by atoms with Crippen LogP contribution in [0.15, 0.2) is 45.4 Å². The number of benzene rings is 1. The molecular formula is C19H16BrF2N5O3. The van der Waals surface area contributed by atoms with Gasteiger partial charge < -0.3 is 9.32 Å². The highest BCUT2D eigenvalue weighted by Gasteiger charge is 2.21. The first-order chi connectivity index (χ1) is 14.3. The predicted octanol–water partition coefficient (Wildman–Crippen LogP) is 3.70. The van der Waals surface area contributed by atoms with E-state index in [0.717, 1.165) is 4.90 Å². The van der Waals surface area contributed by atoms with Crippen molar-refractivity contribution in [1.82, 2.24) is 20.1 Å². The summed E-state index contributed by atoms with van der Waals surface area (Å²) in [6.45, 7) is -0.0753. The van der Waals surface area contributed by atoms with E-state index in [1.807, 2.05) is 0 Å². The maximum atomic E-state index is 12.9. The first kappa shape index (κ1) is 21.5. The van der Waals surface area contributed by atoms with Gasteiger partial charge in [0.25, 0.3) is 11.8 Å². The summed E-state index contributed by atoms with van der Waals surface area (Å²) in [6.07, 6.45) is -1.09. The molecule has 11 heteroatoms. The zero-order chi connectivity index (χ0) is 21.8. The molecule has 0 aliphatic rings. The van der Waals surface area contributed by atoms with Crippen LogP contribution < -0.4 is 4.90 Å². The number of nitrogens with zero attached hydrogens (tertiary/aromatic N) is 5. The van der Waals surface area contributed by atoms with Crippen molar-refractivity contribution >= 4 is 33.9 Å². The molecule has 0 saturated carbocycles. The molecule has 0 radical (unpaired) electrons. The van der Waals surface area contributed by atoms with Crippen molar-refractivity contribution in [1.29, 1.82) is 0 Å². The summed E-state index contributed by atoms with van der Waals surface area (Å²) in [5.74, 6) is -1.37. The Morgan fingerprint density at radius 1 is 1.23 bits per heavy atom. The lowest BCUT2D eigenvalue weighted by Crippen LogP contribution is -2.30. The number of rotatable bonds is 7. The monoisotopic (exact) mass is 479 g/mol. The highest BCUT2D eigenvalue weighted by Crippen LogP contribution is 2.25. The van der Waals surface area contributed by atoms with Crippen LogP contribution in [-0.2, 0) is 11.3 Å². The first-order valence-electron chi connectivity index (χ1n) is 8.60. The maximum Gasteiger partial charge on any atom is 0.314 e. The number of carbonyl (C=O) groups is 2. The van der Waals surface area contributed by atoms with Gasteiger partial charge in [-0.15, -0.1) is 10.2 Å². The van der Waals surface area contributed by atoms with Crippen LogP contribution in [0.4, 0.5) is 14.5 Å². The number of alkyl halides is 2. The summed E-state index contributed by atoms with van der Waals surface area (Å²) in [7, 11) is 3.59. The normalized spacial score (nSPS) is 10.9. The Labute approximate surface area is 178 Å². The molecule has 2 aromatic heterocycles. The third kappa shape index (κ3) is 4.67. The standard InChI is InChI=1S/C19H16BrF2N5O3/c1-26(2)15-6-4-12(20)7-14(15)19(29)27(10-28)9-13-5-3-11(8-23-13)17-24-25-18(30-17)16(21)22/h3-8,10,16H,9H2,1-2H3. The van der Waals surface area contributed by atoms with Gasteiger partial charge in [0.05, 0.1) is 23.4 Å². The molecule has 0 atom stereocenters. The fourth-order valence-electron chi connectivity index (χ4n) is 2.64. The van der Waals surface area contributed by atoms with Gasteiger partial charge in [-0.3, -0.25) is 19.5 Å². The topological polar surface area (TPSA) is 92.4 Å². The van der Waals surface area contributed by atoms with Gasteiger partial charge in [-0.1, -0.05) is 15.9 Å². The fraction of sp³-hybridized carbons (Fsp3) is 0.211. The number of amides is 2. The number of hydrogen-bond acceptors (Lipinski definition) is 7. The minimum atomic E-state index is -2.87. The number of anilines is 1. The minimum Gasteiger partial charge on any atom is -0.415 e. The van der Waals surface area contributed by atoms with Gasteiger partial charge in [-0.05, 0) is 30.3 Å². The minimum absolute atomic E-state index is 0.0753. The molecule has 3 aromatic rings. The Balaban J connectivity index is 1.80. The summed E-state index contributed by atoms with van der Waals surface area (Å²) in [6, 6.07) is 8.28. The third-order valence-corrected chi connectivity index (χ3v) is 4.58. The smallest absolute Gasteiger partial charge is 0.314 e. The molecule has 0 aliphatic carbocycles. The fourth-order valence-corrected chi connectivity index (χ4v) is 3.00. The van der Waals surface area contributed by atoms with Gasteiger partial charge in [0, 0.05) is 30.5 Å². The predicted molar refractivity (Wildman–Crippen MR) is 107 cm³/mol. The number of imide groups is 1. The van der Waals surface area contributed by atoms with Crippen LogP contribution in [0.1, 0.15) is 28.4 Å². The second kappa shape index (κ2) is 9.08. The van der Waals surface area contributed by atoms with E-state index in [1.165, 1.54) is 12.3 Å². The number of carbonyl (C=O) groups excluding carboxylic acids is 2. The molecule has 0 unspecified atom stereocenters. The van der Waals surface area contributed by atoms with E-state index in [2.05, 4.69) is 31.1 Å². The second-order valence-corrected chi connectivity index (χ2v) is 7.29. The van der Waals surface area contributed by atoms with E-state index in [9.17, 15) is 18.4 Å². The lowest BCUT2D eigenvalue weighted by atomic mass is 10.1. The van der Waals surface area contributed by atoms with Crippen molar-refractivity contribution in [2.75, 3.05) is 19.0 Å². The van der Waals surface area contributed by atoms with Crippen molar-refractivity contribution in [2.24, 2.45) is 0 Å². The van der Waals surface area contributed by atoms with Gasteiger partial charge in [0.1, 0.15) is 0 Å². The van der Waals surface area contributed by atoms with Gasteiger partial charge in [-0.25, -0.2) is 0 Å². The molecule has 8 nitrogen and oxygen atoms in total. The van der Waals surface area contributed by atoms with Crippen molar-refractivity contribution < 1.29 is 22.8 Å². The summed E-state index contributed by atoms with van der Waals surface area (Å²) >= 11 is 3.34. The number of pyridine rings is 1. The Morgan fingerprint density at radius 2 is 2.00 bits per heavy atom. The molecule has 0 bridgehead atoms. The molecular weight excluding hydrogens is 464 g/mol. The molecule has 156 valence electrons. The molecule has 0 spiro atoms. The summed E-state index contributed by atoms with van der Waals surface area (Å²) in [5, 5.41) is 6.81. The van der Waals surface area contributed by atoms with E-state index in [-0.39, 0.29) is 12.4 Å². The molecule has 0 fully saturated rings. The van der Waals surface area contributed by atoms with Gasteiger partial charge in [0.2, 0.25) is 12.3 Å². The number of halogens is 3. The largest absolute Gasteiger partial charge is 0.415 e. The van der Waals surface area contributed by atoms with Crippen molar-refractivity contribution in [3.8, 4) is 11.5 Å². The molecule has 3 rings (SSSR count). The highest BCUT2D eigenvalue weighted by atomic mass is 79.9. The molecule has 2 amide bonds. The highest BCUT2D eigenvalue weighted by molar-refractivity contribution is 9.10. The number of aromatic nitrogens is 3. The first-order valence-corrected chi connectivity index (χ1v) is 9.39. The van der Waals surface area contributed by atoms with Crippen LogP contribution in [0.25, 0.3) is 11.5 Å². The molecule has 2 heterocycles. The molecule has 1 aromatic carbocycles. The Hall–Kier alpha value is -3.21. The van der Waals surface area contributed by atoms with E-state index < -0.39 is 18.2 Å². The third-order valence-electron chi connectivity index (χ3n) is 4.09. The van der Waals surface area contributed by atoms with E-state index in [1.54, 1.807) is 43.3 Å². The Kier molecular flexibility index (Phi) is 6.50. The van der Waals surface area contributed by atoms with E-state index in [4.69, 9.17) is 4.42 Å². The van der Waals surface area contributed by atoms with Crippen LogP contribution in [0.3, 0.4) is 0 Å². The van der Waals surface area contributed by atoms with Crippen LogP contribution in [-0.4, -0.2) is 46.5 Å². The lowest BCUT2D eigenvalue weighted by molar-refractivity contribution is -0.116. The molecule has 30 heavy (non-hydrogen) atoms. The average molecular weight is 480 g/mol. The van der Waals surface area contributed by atoms with Crippen LogP contribution >= 0.6 is 15.9 Å². The van der Waals surface area contributed by atoms with E-state index >= 15 is 0 Å². The molecule has 0 N–H and O–H groups in total. The maximum absolute atomic E-state index is 12.9. The number of hydrogen-bond donors (Lipinski definition) is 0. The van der Waals surface area contributed by atoms with Gasteiger partial charge in [0.15, 0.2) is 0 Å². The van der Waals surface area contributed by atoms with Crippen LogP contribution in [0, 0.1) is 0 Å². The SMILES string of the molecule is CN(C)c1ccc(Br)cc1C(=O)N(C=O)Cc1ccc(-c2nnc(C(F)F)o2)cn1. The lowest BCUT2D eigenvalue weighted by Gasteiger charge is -2.21. The Morgan fingerprint density at radius 3 is 2.57 bits per heavy atom. The summed E-state index contributed by atoms with van der Waals surface area (Å²) < 4.78 is 30.7. The summed E-state index contributed by atoms with van der Waals surface area (Å²) in [5.41, 5.74) is 1.76. The second-order valence-electron chi connectivity index (χ2n) is 6.38. The van der Waals surface area contributed by atoms with Gasteiger partial charge >= 0.3 is 6.43 Å². The van der Waals surface area contributed by atoms with Crippen molar-refractivity contribution in [3.63, 3.8) is 0 Å². The van der Waals surface area contributed by atoms with Crippen LogP contribution in [0.5, 0.6) is 0 Å². The zero-order valence-corrected chi connectivity index (χ0v) is 17.5. The zero-order valence-electron chi connectivity index (χ0n) is 15.9. The van der Waals surface area contributed by atoms with Crippen molar-refractivity contribution in [2.45, 2.75) is 13.0 Å². The van der Waals surface area contributed by atoms with Gasteiger partial charge in [-0.2, -0.15) is 8.78 Å². The van der Waals surface area contributed by atoms with E-state index in [0.29, 0.717) is 33.4 Å². The Bertz CT molecular complexity index is 1060. The summed E-state index contributed by atoms with van der Waals surface area (Å²) in [4.78, 5) is 31.5.